The van der Waals surface area contributed by atoms with Crippen molar-refractivity contribution in [3.8, 4) is 17.6 Å². The molecule has 0 aliphatic rings. The topological polar surface area (TPSA) is 70.5 Å². The number of rotatable bonds is 5. The minimum atomic E-state index is -3.48. The van der Waals surface area contributed by atoms with Gasteiger partial charge >= 0.3 is 0 Å². The van der Waals surface area contributed by atoms with Crippen LogP contribution in [-0.4, -0.2) is 36.9 Å². The summed E-state index contributed by atoms with van der Waals surface area (Å²) in [5, 5.41) is 11.5. The summed E-state index contributed by atoms with van der Waals surface area (Å²) in [4.78, 5) is 4.71. The van der Waals surface area contributed by atoms with Crippen molar-refractivity contribution >= 4 is 20.9 Å². The minimum absolute atomic E-state index is 0.164. The molecular formula is C27H24N2O3S. The summed E-state index contributed by atoms with van der Waals surface area (Å²) in [6, 6.07) is 22.3. The van der Waals surface area contributed by atoms with E-state index in [1.165, 1.54) is 18.4 Å². The van der Waals surface area contributed by atoms with Crippen LogP contribution in [0.25, 0.3) is 10.9 Å². The normalized spacial score (nSPS) is 11.4. The first-order valence-electron chi connectivity index (χ1n) is 10.5. The molecule has 5 nitrogen and oxygen atoms in total. The Kier molecular flexibility index (Phi) is 6.45. The van der Waals surface area contributed by atoms with Crippen LogP contribution in [0.4, 0.5) is 0 Å². The van der Waals surface area contributed by atoms with Gasteiger partial charge in [-0.1, -0.05) is 54.3 Å². The number of sulfonamides is 1. The molecule has 1 heterocycles. The van der Waals surface area contributed by atoms with Gasteiger partial charge in [0.2, 0.25) is 10.0 Å². The number of fused-ring (bicyclic) bond motifs is 1. The van der Waals surface area contributed by atoms with Gasteiger partial charge in [-0.05, 0) is 41.5 Å². The predicted molar refractivity (Wildman–Crippen MR) is 131 cm³/mol. The lowest BCUT2D eigenvalue weighted by Crippen LogP contribution is -2.22. The van der Waals surface area contributed by atoms with E-state index in [4.69, 9.17) is 0 Å². The van der Waals surface area contributed by atoms with E-state index in [-0.39, 0.29) is 10.6 Å². The van der Waals surface area contributed by atoms with Crippen molar-refractivity contribution in [3.63, 3.8) is 0 Å². The number of nitrogens with zero attached hydrogens (tertiary/aromatic N) is 2. The van der Waals surface area contributed by atoms with Gasteiger partial charge in [0.05, 0.1) is 10.4 Å². The molecule has 33 heavy (non-hydrogen) atoms. The van der Waals surface area contributed by atoms with Crippen LogP contribution < -0.4 is 0 Å². The lowest BCUT2D eigenvalue weighted by atomic mass is 10.0. The molecule has 0 spiro atoms. The van der Waals surface area contributed by atoms with Crippen LogP contribution in [0.3, 0.4) is 0 Å². The van der Waals surface area contributed by atoms with Crippen LogP contribution in [0.15, 0.2) is 83.9 Å². The second-order valence-electron chi connectivity index (χ2n) is 7.94. The third-order valence-electron chi connectivity index (χ3n) is 5.38. The molecule has 0 aliphatic carbocycles. The molecule has 0 amide bonds. The number of pyridine rings is 1. The van der Waals surface area contributed by atoms with Crippen molar-refractivity contribution in [1.29, 1.82) is 0 Å². The van der Waals surface area contributed by atoms with Crippen LogP contribution in [0.1, 0.15) is 22.3 Å². The Morgan fingerprint density at radius 2 is 1.67 bits per heavy atom. The molecule has 0 saturated carbocycles. The second kappa shape index (κ2) is 9.45. The molecule has 0 unspecified atom stereocenters. The minimum Gasteiger partial charge on any atom is -0.507 e. The van der Waals surface area contributed by atoms with E-state index in [1.807, 2.05) is 48.5 Å². The van der Waals surface area contributed by atoms with Crippen LogP contribution in [-0.2, 0) is 22.9 Å². The van der Waals surface area contributed by atoms with Crippen LogP contribution in [0.2, 0.25) is 0 Å². The fourth-order valence-electron chi connectivity index (χ4n) is 3.48. The monoisotopic (exact) mass is 456 g/mol. The molecule has 1 aromatic heterocycles. The fourth-order valence-corrected chi connectivity index (χ4v) is 4.38. The smallest absolute Gasteiger partial charge is 0.242 e. The van der Waals surface area contributed by atoms with Crippen molar-refractivity contribution in [2.24, 2.45) is 0 Å². The predicted octanol–water partition coefficient (Wildman–Crippen LogP) is 4.38. The largest absolute Gasteiger partial charge is 0.507 e. The van der Waals surface area contributed by atoms with Crippen LogP contribution in [0, 0.1) is 11.8 Å². The van der Waals surface area contributed by atoms with Gasteiger partial charge in [0.25, 0.3) is 0 Å². The molecule has 0 aliphatic heterocycles. The molecule has 6 heteroatoms. The number of benzene rings is 3. The average Bonchev–Trinajstić information content (AvgIpc) is 2.82. The Morgan fingerprint density at radius 3 is 2.36 bits per heavy atom. The van der Waals surface area contributed by atoms with E-state index in [9.17, 15) is 13.5 Å². The molecular weight excluding hydrogens is 432 g/mol. The molecule has 0 radical (unpaired) electrons. The molecule has 0 bridgehead atoms. The first kappa shape index (κ1) is 22.5. The van der Waals surface area contributed by atoms with Crippen molar-refractivity contribution in [2.75, 3.05) is 14.1 Å². The van der Waals surface area contributed by atoms with E-state index >= 15 is 0 Å². The maximum Gasteiger partial charge on any atom is 0.242 e. The van der Waals surface area contributed by atoms with Gasteiger partial charge in [0.15, 0.2) is 0 Å². The number of hydrogen-bond acceptors (Lipinski definition) is 4. The van der Waals surface area contributed by atoms with E-state index < -0.39 is 10.0 Å². The lowest BCUT2D eigenvalue weighted by Gasteiger charge is -2.12. The van der Waals surface area contributed by atoms with Gasteiger partial charge in [-0.25, -0.2) is 12.7 Å². The van der Waals surface area contributed by atoms with Gasteiger partial charge in [-0.15, -0.1) is 0 Å². The van der Waals surface area contributed by atoms with Gasteiger partial charge in [-0.3, -0.25) is 4.98 Å². The SMILES string of the molecule is CN(C)S(=O)(=O)c1ccc(Cc2cnc3ccc(C#CCc4ccccc4)cc3c2O)cc1. The first-order chi connectivity index (χ1) is 15.8. The van der Waals surface area contributed by atoms with Crippen molar-refractivity contribution < 1.29 is 13.5 Å². The standard InChI is InChI=1S/C27H24N2O3S/c1-29(2)33(31,32)24-14-11-22(12-15-24)17-23-19-28-26-16-13-21(18-25(26)27(23)30)10-6-9-20-7-4-3-5-8-20/h3-5,7-8,11-16,18-19H,9,17H2,1-2H3,(H,28,30). The molecule has 4 aromatic rings. The zero-order valence-corrected chi connectivity index (χ0v) is 19.3. The molecule has 3 aromatic carbocycles. The summed E-state index contributed by atoms with van der Waals surface area (Å²) in [5.41, 5.74) is 4.20. The third kappa shape index (κ3) is 5.06. The van der Waals surface area contributed by atoms with E-state index in [1.54, 1.807) is 30.5 Å². The quantitative estimate of drug-likeness (QED) is 0.453. The maximum absolute atomic E-state index is 12.3. The molecule has 4 rings (SSSR count). The molecule has 0 atom stereocenters. The second-order valence-corrected chi connectivity index (χ2v) is 10.1. The Morgan fingerprint density at radius 1 is 0.939 bits per heavy atom. The summed E-state index contributed by atoms with van der Waals surface area (Å²) >= 11 is 0. The van der Waals surface area contributed by atoms with Crippen LogP contribution in [0.5, 0.6) is 5.75 Å². The van der Waals surface area contributed by atoms with Crippen molar-refractivity contribution in [1.82, 2.24) is 9.29 Å². The molecule has 0 fully saturated rings. The third-order valence-corrected chi connectivity index (χ3v) is 7.21. The lowest BCUT2D eigenvalue weighted by molar-refractivity contribution is 0.475. The molecule has 1 N–H and O–H groups in total. The average molecular weight is 457 g/mol. The highest BCUT2D eigenvalue weighted by Gasteiger charge is 2.17. The number of hydrogen-bond donors (Lipinski definition) is 1. The van der Waals surface area contributed by atoms with E-state index in [0.29, 0.717) is 29.3 Å². The van der Waals surface area contributed by atoms with Gasteiger partial charge < -0.3 is 5.11 Å². The highest BCUT2D eigenvalue weighted by Crippen LogP contribution is 2.29. The fraction of sp³-hybridized carbons (Fsp3) is 0.148. The highest BCUT2D eigenvalue weighted by atomic mass is 32.2. The molecule has 0 saturated heterocycles. The van der Waals surface area contributed by atoms with Crippen molar-refractivity contribution in [3.05, 3.63) is 101 Å². The maximum atomic E-state index is 12.3. The summed E-state index contributed by atoms with van der Waals surface area (Å²) < 4.78 is 25.7. The Labute approximate surface area is 194 Å². The zero-order chi connectivity index (χ0) is 23.4. The first-order valence-corrected chi connectivity index (χ1v) is 11.9. The highest BCUT2D eigenvalue weighted by molar-refractivity contribution is 7.89. The van der Waals surface area contributed by atoms with E-state index in [0.717, 1.165) is 16.7 Å². The van der Waals surface area contributed by atoms with Gasteiger partial charge in [-0.2, -0.15) is 0 Å². The summed E-state index contributed by atoms with van der Waals surface area (Å²) in [6.45, 7) is 0. The summed E-state index contributed by atoms with van der Waals surface area (Å²) in [5.74, 6) is 6.50. The van der Waals surface area contributed by atoms with Crippen molar-refractivity contribution in [2.45, 2.75) is 17.7 Å². The number of aromatic nitrogens is 1. The summed E-state index contributed by atoms with van der Waals surface area (Å²) in [7, 11) is -0.470. The Bertz CT molecular complexity index is 1450. The molecule has 166 valence electrons. The summed E-state index contributed by atoms with van der Waals surface area (Å²) in [6.07, 6.45) is 2.74. The Balaban J connectivity index is 1.57. The number of aromatic hydroxyl groups is 1. The Hall–Kier alpha value is -3.66. The van der Waals surface area contributed by atoms with Crippen LogP contribution >= 0.6 is 0 Å². The van der Waals surface area contributed by atoms with Gasteiger partial charge in [0.1, 0.15) is 5.75 Å². The van der Waals surface area contributed by atoms with Gasteiger partial charge in [0, 0.05) is 49.6 Å². The zero-order valence-electron chi connectivity index (χ0n) is 18.5. The van der Waals surface area contributed by atoms with E-state index in [2.05, 4.69) is 16.8 Å².